The minimum Gasteiger partial charge on any atom is -0.486 e. The van der Waals surface area contributed by atoms with Crippen molar-refractivity contribution in [3.8, 4) is 11.5 Å². The van der Waals surface area contributed by atoms with E-state index in [0.717, 1.165) is 50.4 Å². The molecular weight excluding hydrogens is 328 g/mol. The molecule has 1 aromatic rings. The Morgan fingerprint density at radius 1 is 1.00 bits per heavy atom. The lowest BCUT2D eigenvalue weighted by Gasteiger charge is -2.28. The van der Waals surface area contributed by atoms with Crippen LogP contribution in [-0.2, 0) is 4.79 Å². The Hall–Kier alpha value is -1.75. The predicted molar refractivity (Wildman–Crippen MR) is 99.8 cm³/mol. The zero-order valence-corrected chi connectivity index (χ0v) is 15.7. The van der Waals surface area contributed by atoms with Crippen LogP contribution in [0.1, 0.15) is 56.6 Å². The predicted octanol–water partition coefficient (Wildman–Crippen LogP) is 1.97. The van der Waals surface area contributed by atoms with Gasteiger partial charge in [-0.1, -0.05) is 19.3 Å². The number of likely N-dealkylation sites (tertiary alicyclic amines) is 2. The van der Waals surface area contributed by atoms with Crippen LogP contribution in [0.5, 0.6) is 11.5 Å². The molecular formula is C21H31N2O3+. The van der Waals surface area contributed by atoms with Crippen LogP contribution in [0.2, 0.25) is 0 Å². The standard InChI is InChI=1S/C21H30N2O3/c24-21(22-10-4-2-1-3-5-11-22)16-23-12-6-7-18(23)17-8-9-19-20(15-17)26-14-13-25-19/h8-9,15,18H,1-7,10-14,16H2/p+1/t18-/m1/s1. The van der Waals surface area contributed by atoms with Crippen molar-refractivity contribution in [3.63, 3.8) is 0 Å². The second-order valence-corrected chi connectivity index (χ2v) is 7.83. The molecule has 0 saturated carbocycles. The van der Waals surface area contributed by atoms with Crippen molar-refractivity contribution in [1.82, 2.24) is 4.90 Å². The van der Waals surface area contributed by atoms with Gasteiger partial charge in [-0.15, -0.1) is 0 Å². The third kappa shape index (κ3) is 3.98. The van der Waals surface area contributed by atoms with E-state index in [-0.39, 0.29) is 0 Å². The minimum atomic E-state index is 0.339. The molecule has 1 unspecified atom stereocenters. The molecule has 1 amide bonds. The number of carbonyl (C=O) groups excluding carboxylic acids is 1. The fourth-order valence-electron chi connectivity index (χ4n) is 4.61. The first kappa shape index (κ1) is 17.7. The molecule has 3 aliphatic heterocycles. The monoisotopic (exact) mass is 359 g/mol. The van der Waals surface area contributed by atoms with Gasteiger partial charge in [-0.25, -0.2) is 0 Å². The van der Waals surface area contributed by atoms with Crippen molar-refractivity contribution in [1.29, 1.82) is 0 Å². The van der Waals surface area contributed by atoms with Gasteiger partial charge in [0.05, 0.1) is 6.54 Å². The molecule has 2 fully saturated rings. The second kappa shape index (κ2) is 8.30. The van der Waals surface area contributed by atoms with Crippen LogP contribution in [0.3, 0.4) is 0 Å². The maximum atomic E-state index is 12.9. The molecule has 3 heterocycles. The van der Waals surface area contributed by atoms with E-state index < -0.39 is 0 Å². The van der Waals surface area contributed by atoms with Crippen molar-refractivity contribution >= 4 is 5.91 Å². The Balaban J connectivity index is 1.42. The molecule has 3 aliphatic rings. The molecule has 4 rings (SSSR count). The molecule has 142 valence electrons. The first-order valence-electron chi connectivity index (χ1n) is 10.3. The lowest BCUT2D eigenvalue weighted by Crippen LogP contribution is -3.11. The van der Waals surface area contributed by atoms with Gasteiger partial charge in [0.15, 0.2) is 18.0 Å². The highest BCUT2D eigenvalue weighted by Crippen LogP contribution is 2.33. The number of nitrogens with one attached hydrogen (secondary N) is 1. The van der Waals surface area contributed by atoms with Gasteiger partial charge in [0.1, 0.15) is 19.3 Å². The molecule has 0 spiro atoms. The normalized spacial score (nSPS) is 26.2. The Labute approximate surface area is 156 Å². The summed E-state index contributed by atoms with van der Waals surface area (Å²) in [6, 6.07) is 6.71. The highest BCUT2D eigenvalue weighted by atomic mass is 16.6. The lowest BCUT2D eigenvalue weighted by molar-refractivity contribution is -0.910. The molecule has 2 saturated heterocycles. The van der Waals surface area contributed by atoms with Crippen LogP contribution in [0.25, 0.3) is 0 Å². The van der Waals surface area contributed by atoms with E-state index >= 15 is 0 Å². The lowest BCUT2D eigenvalue weighted by atomic mass is 10.0. The summed E-state index contributed by atoms with van der Waals surface area (Å²) in [5, 5.41) is 0. The van der Waals surface area contributed by atoms with Crippen molar-refractivity contribution < 1.29 is 19.2 Å². The van der Waals surface area contributed by atoms with E-state index in [4.69, 9.17) is 9.47 Å². The van der Waals surface area contributed by atoms with Crippen LogP contribution in [-0.4, -0.2) is 50.2 Å². The number of hydrogen-bond acceptors (Lipinski definition) is 3. The fraction of sp³-hybridized carbons (Fsp3) is 0.667. The highest BCUT2D eigenvalue weighted by Gasteiger charge is 2.33. The quantitative estimate of drug-likeness (QED) is 0.897. The molecule has 1 aromatic carbocycles. The molecule has 2 atom stereocenters. The van der Waals surface area contributed by atoms with E-state index in [1.54, 1.807) is 0 Å². The van der Waals surface area contributed by atoms with Crippen molar-refractivity contribution in [2.75, 3.05) is 39.4 Å². The van der Waals surface area contributed by atoms with E-state index in [0.29, 0.717) is 31.7 Å². The van der Waals surface area contributed by atoms with Gasteiger partial charge in [0, 0.05) is 31.5 Å². The fourth-order valence-corrected chi connectivity index (χ4v) is 4.61. The highest BCUT2D eigenvalue weighted by molar-refractivity contribution is 5.77. The minimum absolute atomic E-state index is 0.339. The van der Waals surface area contributed by atoms with E-state index in [9.17, 15) is 4.79 Å². The van der Waals surface area contributed by atoms with E-state index in [2.05, 4.69) is 17.0 Å². The van der Waals surface area contributed by atoms with Gasteiger partial charge in [-0.05, 0) is 31.0 Å². The Bertz CT molecular complexity index is 626. The number of ether oxygens (including phenoxy) is 2. The summed E-state index contributed by atoms with van der Waals surface area (Å²) < 4.78 is 11.4. The Morgan fingerprint density at radius 2 is 1.73 bits per heavy atom. The number of fused-ring (bicyclic) bond motifs is 1. The summed E-state index contributed by atoms with van der Waals surface area (Å²) in [6.45, 7) is 4.84. The van der Waals surface area contributed by atoms with Crippen LogP contribution < -0.4 is 14.4 Å². The molecule has 26 heavy (non-hydrogen) atoms. The topological polar surface area (TPSA) is 43.2 Å². The maximum absolute atomic E-state index is 12.9. The number of nitrogens with zero attached hydrogens (tertiary/aromatic N) is 1. The van der Waals surface area contributed by atoms with Crippen molar-refractivity contribution in [2.45, 2.75) is 51.0 Å². The molecule has 1 N–H and O–H groups in total. The van der Waals surface area contributed by atoms with Crippen LogP contribution in [0, 0.1) is 0 Å². The van der Waals surface area contributed by atoms with E-state index in [1.807, 2.05) is 6.07 Å². The average molecular weight is 359 g/mol. The summed E-state index contributed by atoms with van der Waals surface area (Å²) >= 11 is 0. The zero-order chi connectivity index (χ0) is 17.8. The molecule has 0 aliphatic carbocycles. The van der Waals surface area contributed by atoms with Gasteiger partial charge in [0.25, 0.3) is 5.91 Å². The van der Waals surface area contributed by atoms with Gasteiger partial charge >= 0.3 is 0 Å². The summed E-state index contributed by atoms with van der Waals surface area (Å²) in [5.74, 6) is 2.04. The summed E-state index contributed by atoms with van der Waals surface area (Å²) in [5.41, 5.74) is 1.28. The van der Waals surface area contributed by atoms with Gasteiger partial charge in [0.2, 0.25) is 0 Å². The molecule has 0 aromatic heterocycles. The Kier molecular flexibility index (Phi) is 5.63. The summed E-state index contributed by atoms with van der Waals surface area (Å²) in [7, 11) is 0. The number of amides is 1. The largest absolute Gasteiger partial charge is 0.486 e. The molecule has 0 bridgehead atoms. The van der Waals surface area contributed by atoms with Crippen molar-refractivity contribution in [2.24, 2.45) is 0 Å². The van der Waals surface area contributed by atoms with Gasteiger partial charge in [-0.2, -0.15) is 0 Å². The number of quaternary nitrogens is 1. The van der Waals surface area contributed by atoms with Gasteiger partial charge < -0.3 is 19.3 Å². The second-order valence-electron chi connectivity index (χ2n) is 7.83. The molecule has 5 heteroatoms. The molecule has 5 nitrogen and oxygen atoms in total. The van der Waals surface area contributed by atoms with Crippen LogP contribution >= 0.6 is 0 Å². The SMILES string of the molecule is O=C(C[NH+]1CCC[C@@H]1c1ccc2c(c1)OCCO2)N1CCCCCCC1. The smallest absolute Gasteiger partial charge is 0.277 e. The van der Waals surface area contributed by atoms with Crippen LogP contribution in [0.15, 0.2) is 18.2 Å². The number of rotatable bonds is 3. The maximum Gasteiger partial charge on any atom is 0.277 e. The number of carbonyl (C=O) groups is 1. The average Bonchev–Trinajstić information content (AvgIpc) is 3.09. The number of hydrogen-bond donors (Lipinski definition) is 1. The number of benzene rings is 1. The first-order chi connectivity index (χ1) is 12.8. The third-order valence-corrected chi connectivity index (χ3v) is 6.04. The Morgan fingerprint density at radius 3 is 2.54 bits per heavy atom. The van der Waals surface area contributed by atoms with Gasteiger partial charge in [-0.3, -0.25) is 4.79 Å². The summed E-state index contributed by atoms with van der Waals surface area (Å²) in [4.78, 5) is 16.4. The summed E-state index contributed by atoms with van der Waals surface area (Å²) in [6.07, 6.45) is 8.50. The first-order valence-corrected chi connectivity index (χ1v) is 10.3. The van der Waals surface area contributed by atoms with E-state index in [1.165, 1.54) is 36.1 Å². The molecule has 0 radical (unpaired) electrons. The van der Waals surface area contributed by atoms with Crippen molar-refractivity contribution in [3.05, 3.63) is 23.8 Å². The zero-order valence-electron chi connectivity index (χ0n) is 15.7. The van der Waals surface area contributed by atoms with Crippen LogP contribution in [0.4, 0.5) is 0 Å². The third-order valence-electron chi connectivity index (χ3n) is 6.04.